The molecule has 1 amide bonds. The van der Waals surface area contributed by atoms with Crippen LogP contribution in [0.15, 0.2) is 59.3 Å². The van der Waals surface area contributed by atoms with Crippen molar-refractivity contribution in [2.45, 2.75) is 0 Å². The number of carbonyl (C=O) groups excluding carboxylic acids is 1. The highest BCUT2D eigenvalue weighted by molar-refractivity contribution is 9.10. The van der Waals surface area contributed by atoms with Gasteiger partial charge in [-0.05, 0) is 48.5 Å². The Balaban J connectivity index is 1.79. The lowest BCUT2D eigenvalue weighted by Gasteiger charge is -2.11. The number of nitro groups is 1. The van der Waals surface area contributed by atoms with E-state index in [1.54, 1.807) is 48.5 Å². The molecule has 3 rings (SSSR count). The number of aromatic nitrogens is 2. The van der Waals surface area contributed by atoms with E-state index in [0.29, 0.717) is 17.0 Å². The summed E-state index contributed by atoms with van der Waals surface area (Å²) in [6, 6.07) is 13.4. The molecule has 10 nitrogen and oxygen atoms in total. The van der Waals surface area contributed by atoms with Crippen molar-refractivity contribution >= 4 is 44.8 Å². The summed E-state index contributed by atoms with van der Waals surface area (Å²) in [4.78, 5) is 31.0. The zero-order valence-electron chi connectivity index (χ0n) is 15.0. The zero-order valence-corrected chi connectivity index (χ0v) is 16.6. The molecule has 148 valence electrons. The first-order valence-corrected chi connectivity index (χ1v) is 8.99. The fourth-order valence-electron chi connectivity index (χ4n) is 2.34. The minimum absolute atomic E-state index is 0.0319. The summed E-state index contributed by atoms with van der Waals surface area (Å²) in [6.07, 6.45) is 1.15. The lowest BCUT2D eigenvalue weighted by molar-refractivity contribution is -0.383. The average molecular weight is 459 g/mol. The molecule has 1 heterocycles. The van der Waals surface area contributed by atoms with Gasteiger partial charge in [-0.2, -0.15) is 0 Å². The molecule has 0 spiro atoms. The molecule has 0 saturated heterocycles. The number of amides is 1. The van der Waals surface area contributed by atoms with Crippen LogP contribution in [-0.2, 0) is 0 Å². The quantitative estimate of drug-likeness (QED) is 0.361. The molecule has 0 radical (unpaired) electrons. The van der Waals surface area contributed by atoms with Gasteiger partial charge in [0.15, 0.2) is 0 Å². The van der Waals surface area contributed by atoms with Crippen molar-refractivity contribution in [3.05, 3.63) is 75.0 Å². The topological polar surface area (TPSA) is 131 Å². The highest BCUT2D eigenvalue weighted by atomic mass is 79.9. The molecule has 3 aromatic rings. The van der Waals surface area contributed by atoms with Gasteiger partial charge < -0.3 is 10.1 Å². The Labute approximate surface area is 173 Å². The summed E-state index contributed by atoms with van der Waals surface area (Å²) in [5.41, 5.74) is 5.40. The molecular formula is C18H15BrN6O4. The number of nitrogens with zero attached hydrogens (tertiary/aromatic N) is 3. The monoisotopic (exact) mass is 458 g/mol. The smallest absolute Gasteiger partial charge is 0.355 e. The van der Waals surface area contributed by atoms with E-state index >= 15 is 0 Å². The number of hydrazine groups is 1. The van der Waals surface area contributed by atoms with Crippen LogP contribution in [0.25, 0.3) is 0 Å². The lowest BCUT2D eigenvalue weighted by Crippen LogP contribution is -2.30. The summed E-state index contributed by atoms with van der Waals surface area (Å²) in [7, 11) is 1.54. The van der Waals surface area contributed by atoms with Crippen molar-refractivity contribution in [3.8, 4) is 5.75 Å². The van der Waals surface area contributed by atoms with E-state index in [4.69, 9.17) is 4.74 Å². The van der Waals surface area contributed by atoms with Gasteiger partial charge in [0.1, 0.15) is 12.1 Å². The van der Waals surface area contributed by atoms with E-state index in [9.17, 15) is 14.9 Å². The van der Waals surface area contributed by atoms with Crippen molar-refractivity contribution in [3.63, 3.8) is 0 Å². The van der Waals surface area contributed by atoms with Crippen LogP contribution < -0.4 is 20.9 Å². The average Bonchev–Trinajstić information content (AvgIpc) is 2.73. The number of benzene rings is 2. The lowest BCUT2D eigenvalue weighted by atomic mass is 10.2. The second kappa shape index (κ2) is 8.97. The Bertz CT molecular complexity index is 1030. The number of rotatable bonds is 7. The van der Waals surface area contributed by atoms with Gasteiger partial charge in [-0.1, -0.05) is 15.9 Å². The van der Waals surface area contributed by atoms with Crippen molar-refractivity contribution in [2.24, 2.45) is 0 Å². The Hall–Kier alpha value is -3.73. The fraction of sp³-hybridized carbons (Fsp3) is 0.0556. The van der Waals surface area contributed by atoms with E-state index < -0.39 is 16.5 Å². The van der Waals surface area contributed by atoms with E-state index in [-0.39, 0.29) is 11.6 Å². The van der Waals surface area contributed by atoms with Gasteiger partial charge in [0.05, 0.1) is 12.0 Å². The summed E-state index contributed by atoms with van der Waals surface area (Å²) in [6.45, 7) is 0. The molecule has 3 N–H and O–H groups in total. The van der Waals surface area contributed by atoms with Crippen LogP contribution in [0.2, 0.25) is 0 Å². The van der Waals surface area contributed by atoms with Gasteiger partial charge in [-0.3, -0.25) is 25.8 Å². The molecule has 0 aliphatic carbocycles. The van der Waals surface area contributed by atoms with Crippen LogP contribution in [-0.4, -0.2) is 27.9 Å². The molecule has 1 aromatic heterocycles. The number of hydrogen-bond donors (Lipinski definition) is 3. The van der Waals surface area contributed by atoms with Crippen LogP contribution in [0.4, 0.5) is 23.0 Å². The number of methoxy groups -OCH3 is 1. The summed E-state index contributed by atoms with van der Waals surface area (Å²) >= 11 is 3.29. The Morgan fingerprint density at radius 2 is 1.72 bits per heavy atom. The third kappa shape index (κ3) is 4.96. The highest BCUT2D eigenvalue weighted by Gasteiger charge is 2.23. The van der Waals surface area contributed by atoms with Gasteiger partial charge in [0.25, 0.3) is 5.91 Å². The normalized spacial score (nSPS) is 10.1. The third-order valence-corrected chi connectivity index (χ3v) is 4.29. The van der Waals surface area contributed by atoms with Crippen LogP contribution >= 0.6 is 15.9 Å². The van der Waals surface area contributed by atoms with Gasteiger partial charge in [0, 0.05) is 15.7 Å². The van der Waals surface area contributed by atoms with Crippen LogP contribution in [0, 0.1) is 10.1 Å². The second-order valence-corrected chi connectivity index (χ2v) is 6.53. The molecule has 0 aliphatic rings. The van der Waals surface area contributed by atoms with E-state index in [0.717, 1.165) is 10.8 Å². The number of ether oxygens (including phenoxy) is 1. The SMILES string of the molecule is COc1ccc(Nc2ncnc(NNC(=O)c3ccc(Br)cc3)c2[N+](=O)[O-])cc1. The van der Waals surface area contributed by atoms with Crippen LogP contribution in [0.1, 0.15) is 10.4 Å². The molecule has 0 fully saturated rings. The molecule has 0 bridgehead atoms. The first-order chi connectivity index (χ1) is 14.0. The predicted octanol–water partition coefficient (Wildman–Crippen LogP) is 3.66. The van der Waals surface area contributed by atoms with Crippen molar-refractivity contribution in [1.29, 1.82) is 0 Å². The Morgan fingerprint density at radius 1 is 1.07 bits per heavy atom. The van der Waals surface area contributed by atoms with Gasteiger partial charge in [0.2, 0.25) is 11.6 Å². The minimum atomic E-state index is -0.639. The molecule has 29 heavy (non-hydrogen) atoms. The summed E-state index contributed by atoms with van der Waals surface area (Å²) < 4.78 is 5.91. The Kier molecular flexibility index (Phi) is 6.19. The van der Waals surface area contributed by atoms with Gasteiger partial charge >= 0.3 is 5.69 Å². The molecule has 0 saturated carbocycles. The minimum Gasteiger partial charge on any atom is -0.497 e. The largest absolute Gasteiger partial charge is 0.497 e. The number of carbonyl (C=O) groups is 1. The molecule has 0 unspecified atom stereocenters. The van der Waals surface area contributed by atoms with E-state index in [1.165, 1.54) is 7.11 Å². The second-order valence-electron chi connectivity index (χ2n) is 5.62. The maximum atomic E-state index is 12.2. The van der Waals surface area contributed by atoms with Crippen LogP contribution in [0.3, 0.4) is 0 Å². The van der Waals surface area contributed by atoms with Crippen molar-refractivity contribution < 1.29 is 14.5 Å². The number of anilines is 3. The third-order valence-electron chi connectivity index (χ3n) is 3.76. The standard InChI is InChI=1S/C18H15BrN6O4/c1-29-14-8-6-13(7-9-14)22-16-15(25(27)28)17(21-10-20-16)23-24-18(26)11-2-4-12(19)5-3-11/h2-10H,1H3,(H,24,26)(H2,20,21,22,23). The molecule has 11 heteroatoms. The maximum absolute atomic E-state index is 12.2. The maximum Gasteiger partial charge on any atom is 0.355 e. The Morgan fingerprint density at radius 3 is 2.34 bits per heavy atom. The number of hydrogen-bond acceptors (Lipinski definition) is 8. The molecule has 0 aliphatic heterocycles. The summed E-state index contributed by atoms with van der Waals surface area (Å²) in [5, 5.41) is 14.5. The van der Waals surface area contributed by atoms with E-state index in [1.807, 2.05) is 0 Å². The predicted molar refractivity (Wildman–Crippen MR) is 110 cm³/mol. The molecule has 0 atom stereocenters. The van der Waals surface area contributed by atoms with Crippen molar-refractivity contribution in [1.82, 2.24) is 15.4 Å². The zero-order chi connectivity index (χ0) is 20.8. The first kappa shape index (κ1) is 20.0. The van der Waals surface area contributed by atoms with Crippen molar-refractivity contribution in [2.75, 3.05) is 17.9 Å². The van der Waals surface area contributed by atoms with Crippen LogP contribution in [0.5, 0.6) is 5.75 Å². The molecule has 2 aromatic carbocycles. The molecular weight excluding hydrogens is 444 g/mol. The summed E-state index contributed by atoms with van der Waals surface area (Å²) in [5.74, 6) is -0.0251. The number of nitrogens with one attached hydrogen (secondary N) is 3. The highest BCUT2D eigenvalue weighted by Crippen LogP contribution is 2.31. The first-order valence-electron chi connectivity index (χ1n) is 8.20. The van der Waals surface area contributed by atoms with Gasteiger partial charge in [-0.25, -0.2) is 9.97 Å². The fourth-order valence-corrected chi connectivity index (χ4v) is 2.60. The number of halogens is 1. The van der Waals surface area contributed by atoms with Gasteiger partial charge in [-0.15, -0.1) is 0 Å². The van der Waals surface area contributed by atoms with E-state index in [2.05, 4.69) is 42.1 Å².